The molecule has 0 heterocycles. The molecular weight excluding hydrogens is 186 g/mol. The van der Waals surface area contributed by atoms with Gasteiger partial charge in [0.2, 0.25) is 0 Å². The molecule has 0 saturated carbocycles. The topological polar surface area (TPSA) is 227 Å². The summed E-state index contributed by atoms with van der Waals surface area (Å²) < 4.78 is 25.2. The van der Waals surface area contributed by atoms with Gasteiger partial charge in [0.15, 0.2) is 0 Å². The Bertz CT molecular complexity index is 14.0. The second-order valence-electron chi connectivity index (χ2n) is 0.189. The van der Waals surface area contributed by atoms with Crippen LogP contribution in [0.2, 0.25) is 0 Å². The SMILES string of the molecule is O.O.O.O.O.[Na+].[O-][Cl+2]([O-])[O-]. The number of halogens is 1. The van der Waals surface area contributed by atoms with E-state index in [1.807, 2.05) is 0 Å². The van der Waals surface area contributed by atoms with Crippen LogP contribution in [0.15, 0.2) is 0 Å². The predicted octanol–water partition coefficient (Wildman–Crippen LogP) is -10.7. The van der Waals surface area contributed by atoms with Crippen molar-refractivity contribution in [2.24, 2.45) is 0 Å². The molecule has 10 heteroatoms. The molecule has 0 aromatic carbocycles. The Morgan fingerprint density at radius 2 is 0.600 bits per heavy atom. The largest absolute Gasteiger partial charge is 1.00 e. The quantitative estimate of drug-likeness (QED) is 0.344. The first-order chi connectivity index (χ1) is 1.73. The molecule has 0 aliphatic carbocycles. The predicted molar refractivity (Wildman–Crippen MR) is 18.1 cm³/mol. The molecule has 0 amide bonds. The third-order valence-corrected chi connectivity index (χ3v) is 0. The summed E-state index contributed by atoms with van der Waals surface area (Å²) in [6.07, 6.45) is 0. The molecule has 0 aliphatic heterocycles. The summed E-state index contributed by atoms with van der Waals surface area (Å²) in [7, 11) is -2.85. The van der Waals surface area contributed by atoms with E-state index in [0.717, 1.165) is 0 Å². The standard InChI is InChI=1S/ClO3.Na.5H2O/c2-1(3)4;;;;;;/h;;5*1H2/q-1;+1;;;;;. The first kappa shape index (κ1) is 69.2. The summed E-state index contributed by atoms with van der Waals surface area (Å²) in [6.45, 7) is 0. The first-order valence-corrected chi connectivity index (χ1v) is 1.39. The fourth-order valence-electron chi connectivity index (χ4n) is 0. The molecule has 0 aromatic heterocycles. The first-order valence-electron chi connectivity index (χ1n) is 0.463. The maximum absolute atomic E-state index is 8.41. The van der Waals surface area contributed by atoms with Crippen molar-refractivity contribution in [3.05, 3.63) is 0 Å². The van der Waals surface area contributed by atoms with Crippen LogP contribution in [-0.4, -0.2) is 27.4 Å². The maximum atomic E-state index is 8.41. The second-order valence-corrected chi connectivity index (χ2v) is 0.567. The van der Waals surface area contributed by atoms with Gasteiger partial charge >= 0.3 is 29.6 Å². The van der Waals surface area contributed by atoms with Gasteiger partial charge in [-0.25, -0.2) is 0 Å². The van der Waals surface area contributed by atoms with Crippen LogP contribution in [0, 0.1) is 10.8 Å². The Hall–Kier alpha value is 0.970. The third kappa shape index (κ3) is 606. The summed E-state index contributed by atoms with van der Waals surface area (Å²) in [5, 5.41) is 0. The second kappa shape index (κ2) is 50.9. The minimum atomic E-state index is -2.85. The normalized spacial score (nSPS) is 3.60. The van der Waals surface area contributed by atoms with Crippen LogP contribution >= 0.6 is 0 Å². The number of hydrogen-bond donors (Lipinski definition) is 0. The van der Waals surface area contributed by atoms with Gasteiger partial charge in [-0.15, -0.1) is 0 Å². The molecule has 0 unspecified atom stereocenters. The van der Waals surface area contributed by atoms with E-state index in [4.69, 9.17) is 14.0 Å². The van der Waals surface area contributed by atoms with E-state index in [9.17, 15) is 0 Å². The van der Waals surface area contributed by atoms with Crippen LogP contribution in [0.25, 0.3) is 0 Å². The summed E-state index contributed by atoms with van der Waals surface area (Å²) in [5.41, 5.74) is 0. The van der Waals surface area contributed by atoms with Crippen molar-refractivity contribution in [3.8, 4) is 0 Å². The molecule has 0 saturated heterocycles. The minimum absolute atomic E-state index is 0. The molecule has 0 rings (SSSR count). The van der Waals surface area contributed by atoms with Crippen LogP contribution in [0.4, 0.5) is 0 Å². The Kier molecular flexibility index (Phi) is 352. The summed E-state index contributed by atoms with van der Waals surface area (Å²) in [4.78, 5) is 0. The van der Waals surface area contributed by atoms with Gasteiger partial charge in [0.05, 0.1) is 10.8 Å². The number of rotatable bonds is 0. The number of hydrogen-bond acceptors (Lipinski definition) is 3. The monoisotopic (exact) mass is 196 g/mol. The molecule has 66 valence electrons. The van der Waals surface area contributed by atoms with Gasteiger partial charge in [-0.1, -0.05) is 0 Å². The molecule has 0 atom stereocenters. The molecular formula is H10ClNaO8. The Labute approximate surface area is 81.7 Å². The zero-order valence-corrected chi connectivity index (χ0v) is 7.86. The van der Waals surface area contributed by atoms with E-state index < -0.39 is 10.8 Å². The summed E-state index contributed by atoms with van der Waals surface area (Å²) in [5.74, 6) is 0. The minimum Gasteiger partial charge on any atom is -0.412 e. The molecule has 0 bridgehead atoms. The van der Waals surface area contributed by atoms with Crippen molar-refractivity contribution < 1.29 is 81.7 Å². The van der Waals surface area contributed by atoms with Gasteiger partial charge in [0, 0.05) is 0 Å². The average Bonchev–Trinajstić information content (AvgIpc) is 0.811. The van der Waals surface area contributed by atoms with Crippen LogP contribution < -0.4 is 43.5 Å². The van der Waals surface area contributed by atoms with Crippen molar-refractivity contribution in [1.29, 1.82) is 0 Å². The van der Waals surface area contributed by atoms with Crippen molar-refractivity contribution in [1.82, 2.24) is 0 Å². The van der Waals surface area contributed by atoms with E-state index in [2.05, 4.69) is 0 Å². The molecule has 0 aliphatic rings. The summed E-state index contributed by atoms with van der Waals surface area (Å²) >= 11 is 0. The molecule has 0 radical (unpaired) electrons. The fourth-order valence-corrected chi connectivity index (χ4v) is 0. The van der Waals surface area contributed by atoms with Gasteiger partial charge < -0.3 is 41.4 Å². The zero-order valence-electron chi connectivity index (χ0n) is 5.10. The van der Waals surface area contributed by atoms with E-state index in [-0.39, 0.29) is 56.9 Å². The smallest absolute Gasteiger partial charge is 0.412 e. The van der Waals surface area contributed by atoms with E-state index in [1.54, 1.807) is 0 Å². The van der Waals surface area contributed by atoms with E-state index >= 15 is 0 Å². The Morgan fingerprint density at radius 3 is 0.600 bits per heavy atom. The fraction of sp³-hybridized carbons (Fsp3) is 0. The van der Waals surface area contributed by atoms with Gasteiger partial charge in [-0.3, -0.25) is 0 Å². The van der Waals surface area contributed by atoms with E-state index in [1.165, 1.54) is 0 Å². The van der Waals surface area contributed by atoms with Crippen LogP contribution in [0.3, 0.4) is 0 Å². The van der Waals surface area contributed by atoms with Crippen molar-refractivity contribution in [2.75, 3.05) is 0 Å². The Balaban J connectivity index is -0.00000000300. The van der Waals surface area contributed by atoms with Crippen LogP contribution in [0.5, 0.6) is 0 Å². The zero-order chi connectivity index (χ0) is 3.58. The molecule has 8 nitrogen and oxygen atoms in total. The van der Waals surface area contributed by atoms with Gasteiger partial charge in [0.25, 0.3) is 0 Å². The average molecular weight is 197 g/mol. The van der Waals surface area contributed by atoms with Gasteiger partial charge in [-0.05, 0) is 0 Å². The van der Waals surface area contributed by atoms with Crippen molar-refractivity contribution in [3.63, 3.8) is 0 Å². The molecule has 0 fully saturated rings. The molecule has 0 aromatic rings. The van der Waals surface area contributed by atoms with Gasteiger partial charge in [0.1, 0.15) is 0 Å². The Morgan fingerprint density at radius 1 is 0.600 bits per heavy atom. The molecule has 10 N–H and O–H groups in total. The summed E-state index contributed by atoms with van der Waals surface area (Å²) in [6, 6.07) is 0. The molecule has 10 heavy (non-hydrogen) atoms. The van der Waals surface area contributed by atoms with Crippen LogP contribution in [0.1, 0.15) is 0 Å². The maximum Gasteiger partial charge on any atom is 1.00 e. The van der Waals surface area contributed by atoms with Crippen molar-refractivity contribution in [2.45, 2.75) is 0 Å². The molecule has 0 spiro atoms. The van der Waals surface area contributed by atoms with Gasteiger partial charge in [-0.2, -0.15) is 0 Å². The van der Waals surface area contributed by atoms with Crippen LogP contribution in [-0.2, 0) is 0 Å². The van der Waals surface area contributed by atoms with Crippen molar-refractivity contribution >= 4 is 0 Å². The third-order valence-electron chi connectivity index (χ3n) is 0. The van der Waals surface area contributed by atoms with E-state index in [0.29, 0.717) is 0 Å².